The molecule has 1 N–H and O–H groups in total. The number of carbonyl (C=O) groups excluding carboxylic acids is 7. The Balaban J connectivity index is 2.58. The second kappa shape index (κ2) is 16.9. The third kappa shape index (κ3) is 9.78. The molecule has 2 aliphatic rings. The monoisotopic (exact) mass is 742 g/mol. The number of aliphatic hydroxyl groups is 1. The van der Waals surface area contributed by atoms with Crippen molar-refractivity contribution in [1.82, 2.24) is 0 Å². The first kappa shape index (κ1) is 42.6. The molecule has 0 spiro atoms. The number of allylic oxidation sites excluding steroid dienone is 1. The standard InChI is InChI=1S/C39H50O14/c1-11-15-28(44)51-31-22(3)30(52-36(46)27-16-13-12-14-17-27)29-34(49-24(5)41)38(10,47)20-39(29,53-26(7)43)33(45)21(2)18-19-37(8,9)35(50-25(6)42)32(31)48-23(4)40/h12-14,16-19,21,29-32,34-35,47H,3,11,15,20H2,1-2,4-10H3/b19-18+/t21-,29+,30-,31-,32+,34+,35+,38+,39+/m0/s1. The van der Waals surface area contributed by atoms with E-state index in [0.717, 1.165) is 27.7 Å². The summed E-state index contributed by atoms with van der Waals surface area (Å²) in [5.74, 6) is -8.94. The third-order valence-electron chi connectivity index (χ3n) is 9.30. The van der Waals surface area contributed by atoms with Crippen molar-refractivity contribution in [2.24, 2.45) is 17.3 Å². The molecule has 0 heterocycles. The van der Waals surface area contributed by atoms with Crippen LogP contribution in [-0.2, 0) is 57.2 Å². The predicted octanol–water partition coefficient (Wildman–Crippen LogP) is 4.15. The van der Waals surface area contributed by atoms with E-state index in [0.29, 0.717) is 6.42 Å². The van der Waals surface area contributed by atoms with Crippen LogP contribution in [0.25, 0.3) is 0 Å². The Labute approximate surface area is 309 Å². The van der Waals surface area contributed by atoms with Gasteiger partial charge in [-0.15, -0.1) is 0 Å². The van der Waals surface area contributed by atoms with Gasteiger partial charge in [0.25, 0.3) is 0 Å². The molecule has 53 heavy (non-hydrogen) atoms. The summed E-state index contributed by atoms with van der Waals surface area (Å²) in [7, 11) is 0. The van der Waals surface area contributed by atoms with Crippen molar-refractivity contribution in [1.29, 1.82) is 0 Å². The first-order chi connectivity index (χ1) is 24.6. The van der Waals surface area contributed by atoms with Crippen LogP contribution in [-0.4, -0.2) is 88.4 Å². The highest BCUT2D eigenvalue weighted by Crippen LogP contribution is 2.53. The first-order valence-electron chi connectivity index (χ1n) is 17.4. The molecule has 0 saturated heterocycles. The van der Waals surface area contributed by atoms with E-state index in [1.54, 1.807) is 39.0 Å². The van der Waals surface area contributed by atoms with Crippen molar-refractivity contribution in [3.8, 4) is 0 Å². The number of Topliss-reactive ketones (excluding diaryl/α,β-unsaturated/α-hetero) is 1. The summed E-state index contributed by atoms with van der Waals surface area (Å²) in [6, 6.07) is 7.65. The van der Waals surface area contributed by atoms with E-state index in [1.165, 1.54) is 38.1 Å². The molecular formula is C39H50O14. The summed E-state index contributed by atoms with van der Waals surface area (Å²) in [5, 5.41) is 12.0. The molecule has 2 aliphatic carbocycles. The lowest BCUT2D eigenvalue weighted by atomic mass is 9.72. The number of benzene rings is 1. The molecule has 1 aromatic rings. The smallest absolute Gasteiger partial charge is 0.338 e. The topological polar surface area (TPSA) is 195 Å². The van der Waals surface area contributed by atoms with E-state index in [-0.39, 0.29) is 17.6 Å². The quantitative estimate of drug-likeness (QED) is 0.215. The molecule has 9 atom stereocenters. The average molecular weight is 743 g/mol. The average Bonchev–Trinajstić information content (AvgIpc) is 3.26. The molecule has 14 heteroatoms. The van der Waals surface area contributed by atoms with E-state index in [4.69, 9.17) is 28.4 Å². The Bertz CT molecular complexity index is 1630. The van der Waals surface area contributed by atoms with E-state index < -0.39 is 107 Å². The number of esters is 6. The van der Waals surface area contributed by atoms with Gasteiger partial charge in [0.2, 0.25) is 0 Å². The van der Waals surface area contributed by atoms with Gasteiger partial charge in [-0.3, -0.25) is 28.8 Å². The van der Waals surface area contributed by atoms with Crippen molar-refractivity contribution >= 4 is 41.6 Å². The maximum absolute atomic E-state index is 14.9. The molecular weight excluding hydrogens is 692 g/mol. The SMILES string of the molecule is C=C1[C@H](OC(=O)CCC)[C@@H](OC(C)=O)[C@@H](OC(C)=O)C(C)(C)/C=C/[C@H](C)C(=O)[C@@]2(OC(C)=O)C[C@@](C)(O)[C@H](OC(C)=O)[C@H]2[C@H]1OC(=O)c1ccccc1. The van der Waals surface area contributed by atoms with E-state index >= 15 is 0 Å². The molecule has 0 unspecified atom stereocenters. The molecule has 1 aromatic carbocycles. The van der Waals surface area contributed by atoms with Gasteiger partial charge in [0.1, 0.15) is 17.8 Å². The molecule has 14 nitrogen and oxygen atoms in total. The van der Waals surface area contributed by atoms with Crippen LogP contribution < -0.4 is 0 Å². The fraction of sp³-hybridized carbons (Fsp3) is 0.564. The van der Waals surface area contributed by atoms with Crippen LogP contribution in [0.2, 0.25) is 0 Å². The Kier molecular flexibility index (Phi) is 13.5. The molecule has 290 valence electrons. The zero-order valence-electron chi connectivity index (χ0n) is 31.7. The number of ether oxygens (including phenoxy) is 6. The number of hydrogen-bond donors (Lipinski definition) is 1. The summed E-state index contributed by atoms with van der Waals surface area (Å²) in [4.78, 5) is 93.3. The second-order valence-electron chi connectivity index (χ2n) is 14.4. The lowest BCUT2D eigenvalue weighted by Gasteiger charge is -2.44. The van der Waals surface area contributed by atoms with Crippen LogP contribution >= 0.6 is 0 Å². The van der Waals surface area contributed by atoms with Crippen LogP contribution in [0, 0.1) is 17.3 Å². The fourth-order valence-corrected chi connectivity index (χ4v) is 7.14. The number of ketones is 1. The van der Waals surface area contributed by atoms with Gasteiger partial charge in [-0.25, -0.2) is 4.79 Å². The molecule has 0 aromatic heterocycles. The summed E-state index contributed by atoms with van der Waals surface area (Å²) < 4.78 is 35.3. The Morgan fingerprint density at radius 3 is 1.91 bits per heavy atom. The molecule has 1 fully saturated rings. The Morgan fingerprint density at radius 1 is 0.811 bits per heavy atom. The van der Waals surface area contributed by atoms with Gasteiger partial charge >= 0.3 is 35.8 Å². The minimum absolute atomic E-state index is 0.0240. The third-order valence-corrected chi connectivity index (χ3v) is 9.30. The highest BCUT2D eigenvalue weighted by molar-refractivity contribution is 5.94. The highest BCUT2D eigenvalue weighted by Gasteiger charge is 2.70. The molecule has 1 saturated carbocycles. The van der Waals surface area contributed by atoms with Crippen molar-refractivity contribution in [3.05, 3.63) is 60.2 Å². The number of hydrogen-bond acceptors (Lipinski definition) is 14. The number of fused-ring (bicyclic) bond motifs is 1. The summed E-state index contributed by atoms with van der Waals surface area (Å²) in [6.45, 7) is 16.2. The van der Waals surface area contributed by atoms with Crippen LogP contribution in [0.15, 0.2) is 54.6 Å². The van der Waals surface area contributed by atoms with Gasteiger partial charge < -0.3 is 33.5 Å². The van der Waals surface area contributed by atoms with E-state index in [2.05, 4.69) is 6.58 Å². The number of carbonyl (C=O) groups is 7. The molecule has 0 radical (unpaired) electrons. The zero-order chi connectivity index (χ0) is 40.1. The van der Waals surface area contributed by atoms with Gasteiger partial charge in [0.15, 0.2) is 29.7 Å². The van der Waals surface area contributed by atoms with Gasteiger partial charge in [-0.1, -0.05) is 64.6 Å². The minimum Gasteiger partial charge on any atom is -0.459 e. The second-order valence-corrected chi connectivity index (χ2v) is 14.4. The molecule has 3 rings (SSSR count). The van der Waals surface area contributed by atoms with Crippen molar-refractivity contribution < 1.29 is 67.1 Å². The first-order valence-corrected chi connectivity index (χ1v) is 17.4. The lowest BCUT2D eigenvalue weighted by Crippen LogP contribution is -2.59. The van der Waals surface area contributed by atoms with Crippen LogP contribution in [0.1, 0.15) is 91.9 Å². The maximum Gasteiger partial charge on any atom is 0.338 e. The Hall–Kier alpha value is -4.85. The fourth-order valence-electron chi connectivity index (χ4n) is 7.14. The predicted molar refractivity (Wildman–Crippen MR) is 187 cm³/mol. The zero-order valence-corrected chi connectivity index (χ0v) is 31.7. The van der Waals surface area contributed by atoms with Crippen molar-refractivity contribution in [3.63, 3.8) is 0 Å². The van der Waals surface area contributed by atoms with Crippen LogP contribution in [0.3, 0.4) is 0 Å². The van der Waals surface area contributed by atoms with Gasteiger partial charge in [0, 0.05) is 57.4 Å². The van der Waals surface area contributed by atoms with Crippen molar-refractivity contribution in [2.75, 3.05) is 0 Å². The van der Waals surface area contributed by atoms with Crippen LogP contribution in [0.5, 0.6) is 0 Å². The molecule has 0 bridgehead atoms. The lowest BCUT2D eigenvalue weighted by molar-refractivity contribution is -0.192. The number of rotatable bonds is 9. The van der Waals surface area contributed by atoms with Gasteiger partial charge in [-0.2, -0.15) is 0 Å². The van der Waals surface area contributed by atoms with Gasteiger partial charge in [0.05, 0.1) is 11.5 Å². The van der Waals surface area contributed by atoms with Gasteiger partial charge in [-0.05, 0) is 25.5 Å². The normalized spacial score (nSPS) is 31.7. The van der Waals surface area contributed by atoms with Crippen LogP contribution in [0.4, 0.5) is 0 Å². The maximum atomic E-state index is 14.9. The van der Waals surface area contributed by atoms with E-state index in [9.17, 15) is 38.7 Å². The minimum atomic E-state index is -2.36. The summed E-state index contributed by atoms with van der Waals surface area (Å²) >= 11 is 0. The molecule has 0 aliphatic heterocycles. The van der Waals surface area contributed by atoms with E-state index in [1.807, 2.05) is 0 Å². The summed E-state index contributed by atoms with van der Waals surface area (Å²) in [5.41, 5.74) is -6.06. The largest absolute Gasteiger partial charge is 0.459 e. The molecule has 0 amide bonds. The van der Waals surface area contributed by atoms with Crippen molar-refractivity contribution in [2.45, 2.75) is 123 Å². The summed E-state index contributed by atoms with van der Waals surface area (Å²) in [6.07, 6.45) is -5.91. The Morgan fingerprint density at radius 2 is 1.38 bits per heavy atom. The highest BCUT2D eigenvalue weighted by atomic mass is 16.6.